The number of halogens is 1. The van der Waals surface area contributed by atoms with Crippen molar-refractivity contribution in [3.05, 3.63) is 29.8 Å². The van der Waals surface area contributed by atoms with E-state index in [0.29, 0.717) is 6.54 Å². The molecule has 0 aliphatic carbocycles. The first-order valence-electron chi connectivity index (χ1n) is 8.54. The predicted molar refractivity (Wildman–Crippen MR) is 103 cm³/mol. The summed E-state index contributed by atoms with van der Waals surface area (Å²) in [5.74, 6) is -0.186. The van der Waals surface area contributed by atoms with Gasteiger partial charge in [0, 0.05) is 18.7 Å². The molecule has 0 aliphatic rings. The summed E-state index contributed by atoms with van der Waals surface area (Å²) >= 11 is 3.40. The zero-order valence-corrected chi connectivity index (χ0v) is 16.7. The molecule has 0 unspecified atom stereocenters. The lowest BCUT2D eigenvalue weighted by Gasteiger charge is -2.24. The molecule has 134 valence electrons. The molecule has 1 aromatic rings. The van der Waals surface area contributed by atoms with Crippen molar-refractivity contribution in [2.45, 2.75) is 58.2 Å². The summed E-state index contributed by atoms with van der Waals surface area (Å²) in [5, 5.41) is 5.65. The molecule has 0 saturated heterocycles. The standard InChI is InChI=1S/C19H29BrN2O2/c1-5-6-7-14-8-10-15(11-9-14)22-16(23)12-13-21-18(24)17(20)19(2,3)4/h8-11,17H,5-7,12-13H2,1-4H3,(H,21,24)(H,22,23)/t17-/m0/s1. The average molecular weight is 397 g/mol. The third-order valence-corrected chi connectivity index (χ3v) is 5.49. The highest BCUT2D eigenvalue weighted by molar-refractivity contribution is 9.10. The van der Waals surface area contributed by atoms with Gasteiger partial charge in [0.05, 0.1) is 4.83 Å². The van der Waals surface area contributed by atoms with Crippen molar-refractivity contribution < 1.29 is 9.59 Å². The van der Waals surface area contributed by atoms with Crippen molar-refractivity contribution in [3.63, 3.8) is 0 Å². The Labute approximate surface area is 153 Å². The first-order valence-corrected chi connectivity index (χ1v) is 9.46. The Kier molecular flexibility index (Phi) is 8.46. The van der Waals surface area contributed by atoms with Crippen LogP contribution >= 0.6 is 15.9 Å². The van der Waals surface area contributed by atoms with Gasteiger partial charge in [-0.05, 0) is 36.0 Å². The van der Waals surface area contributed by atoms with Crippen LogP contribution in [0.1, 0.15) is 52.5 Å². The number of hydrogen-bond donors (Lipinski definition) is 2. The third-order valence-electron chi connectivity index (χ3n) is 3.70. The second-order valence-corrected chi connectivity index (χ2v) is 8.03. The first-order chi connectivity index (χ1) is 11.2. The van der Waals surface area contributed by atoms with Crippen LogP contribution in [0.3, 0.4) is 0 Å². The van der Waals surface area contributed by atoms with E-state index in [4.69, 9.17) is 0 Å². The molecule has 0 heterocycles. The van der Waals surface area contributed by atoms with E-state index in [1.165, 1.54) is 18.4 Å². The second kappa shape index (κ2) is 9.82. The fourth-order valence-electron chi connectivity index (χ4n) is 2.14. The number of nitrogens with one attached hydrogen (secondary N) is 2. The minimum atomic E-state index is -0.274. The molecule has 5 heteroatoms. The number of unbranched alkanes of at least 4 members (excludes halogenated alkanes) is 1. The van der Waals surface area contributed by atoms with E-state index in [0.717, 1.165) is 12.1 Å². The Hall–Kier alpha value is -1.36. The van der Waals surface area contributed by atoms with Crippen LogP contribution in [-0.2, 0) is 16.0 Å². The predicted octanol–water partition coefficient (Wildman–Crippen LogP) is 4.28. The SMILES string of the molecule is CCCCc1ccc(NC(=O)CCNC(=O)[C@H](Br)C(C)(C)C)cc1. The van der Waals surface area contributed by atoms with Gasteiger partial charge in [0.1, 0.15) is 0 Å². The zero-order chi connectivity index (χ0) is 18.2. The van der Waals surface area contributed by atoms with Gasteiger partial charge < -0.3 is 10.6 Å². The quantitative estimate of drug-likeness (QED) is 0.644. The molecule has 0 fully saturated rings. The van der Waals surface area contributed by atoms with Crippen molar-refractivity contribution in [2.24, 2.45) is 5.41 Å². The Morgan fingerprint density at radius 2 is 1.79 bits per heavy atom. The van der Waals surface area contributed by atoms with Crippen LogP contribution < -0.4 is 10.6 Å². The summed E-state index contributed by atoms with van der Waals surface area (Å²) in [6.45, 7) is 8.47. The van der Waals surface area contributed by atoms with E-state index < -0.39 is 0 Å². The molecule has 1 rings (SSSR count). The van der Waals surface area contributed by atoms with E-state index in [1.54, 1.807) is 0 Å². The molecule has 2 N–H and O–H groups in total. The first kappa shape index (κ1) is 20.7. The summed E-state index contributed by atoms with van der Waals surface area (Å²) in [6.07, 6.45) is 3.68. The van der Waals surface area contributed by atoms with E-state index in [1.807, 2.05) is 45.0 Å². The average Bonchev–Trinajstić information content (AvgIpc) is 2.52. The smallest absolute Gasteiger partial charge is 0.234 e. The molecule has 4 nitrogen and oxygen atoms in total. The fraction of sp³-hybridized carbons (Fsp3) is 0.579. The van der Waals surface area contributed by atoms with Crippen LogP contribution in [-0.4, -0.2) is 23.2 Å². The van der Waals surface area contributed by atoms with E-state index >= 15 is 0 Å². The lowest BCUT2D eigenvalue weighted by molar-refractivity contribution is -0.122. The highest BCUT2D eigenvalue weighted by atomic mass is 79.9. The van der Waals surface area contributed by atoms with Crippen LogP contribution in [0.25, 0.3) is 0 Å². The van der Waals surface area contributed by atoms with Crippen molar-refractivity contribution in [1.82, 2.24) is 5.32 Å². The monoisotopic (exact) mass is 396 g/mol. The number of aryl methyl sites for hydroxylation is 1. The summed E-state index contributed by atoms with van der Waals surface area (Å²) in [5.41, 5.74) is 1.92. The Morgan fingerprint density at radius 3 is 2.33 bits per heavy atom. The van der Waals surface area contributed by atoms with Gasteiger partial charge in [-0.25, -0.2) is 0 Å². The number of rotatable bonds is 8. The molecule has 0 radical (unpaired) electrons. The largest absolute Gasteiger partial charge is 0.355 e. The third kappa shape index (κ3) is 7.47. The van der Waals surface area contributed by atoms with Gasteiger partial charge in [0.2, 0.25) is 11.8 Å². The van der Waals surface area contributed by atoms with Gasteiger partial charge in [-0.1, -0.05) is 62.2 Å². The number of carbonyl (C=O) groups excluding carboxylic acids is 2. The molecule has 0 aliphatic heterocycles. The summed E-state index contributed by atoms with van der Waals surface area (Å²) in [4.78, 5) is 23.6. The normalized spacial score (nSPS) is 12.5. The van der Waals surface area contributed by atoms with E-state index in [9.17, 15) is 9.59 Å². The maximum Gasteiger partial charge on any atom is 0.234 e. The molecule has 0 saturated carbocycles. The summed E-state index contributed by atoms with van der Waals surface area (Å²) < 4.78 is 0. The van der Waals surface area contributed by atoms with Crippen molar-refractivity contribution in [2.75, 3.05) is 11.9 Å². The van der Waals surface area contributed by atoms with Crippen LogP contribution in [0.5, 0.6) is 0 Å². The van der Waals surface area contributed by atoms with Gasteiger partial charge in [-0.15, -0.1) is 0 Å². The molecule has 0 bridgehead atoms. The maximum atomic E-state index is 12.0. The van der Waals surface area contributed by atoms with Crippen molar-refractivity contribution in [1.29, 1.82) is 0 Å². The molecule has 0 aromatic heterocycles. The minimum absolute atomic E-state index is 0.0874. The number of anilines is 1. The second-order valence-electron chi connectivity index (χ2n) is 7.12. The Morgan fingerprint density at radius 1 is 1.17 bits per heavy atom. The molecule has 0 spiro atoms. The van der Waals surface area contributed by atoms with Gasteiger partial charge in [-0.3, -0.25) is 9.59 Å². The molecular weight excluding hydrogens is 368 g/mol. The lowest BCUT2D eigenvalue weighted by atomic mass is 9.92. The Balaban J connectivity index is 2.35. The van der Waals surface area contributed by atoms with E-state index in [-0.39, 0.29) is 28.5 Å². The van der Waals surface area contributed by atoms with Gasteiger partial charge in [-0.2, -0.15) is 0 Å². The number of benzene rings is 1. The van der Waals surface area contributed by atoms with Gasteiger partial charge >= 0.3 is 0 Å². The highest BCUT2D eigenvalue weighted by Crippen LogP contribution is 2.25. The minimum Gasteiger partial charge on any atom is -0.355 e. The van der Waals surface area contributed by atoms with Crippen molar-refractivity contribution in [3.8, 4) is 0 Å². The van der Waals surface area contributed by atoms with Gasteiger partial charge in [0.15, 0.2) is 0 Å². The number of hydrogen-bond acceptors (Lipinski definition) is 2. The number of carbonyl (C=O) groups is 2. The Bertz CT molecular complexity index is 535. The topological polar surface area (TPSA) is 58.2 Å². The highest BCUT2D eigenvalue weighted by Gasteiger charge is 2.28. The summed E-state index contributed by atoms with van der Waals surface area (Å²) in [7, 11) is 0. The molecule has 1 aromatic carbocycles. The van der Waals surface area contributed by atoms with Crippen molar-refractivity contribution >= 4 is 33.4 Å². The molecular formula is C19H29BrN2O2. The molecule has 24 heavy (non-hydrogen) atoms. The van der Waals surface area contributed by atoms with Crippen LogP contribution in [0.15, 0.2) is 24.3 Å². The number of amides is 2. The van der Waals surface area contributed by atoms with Crippen LogP contribution in [0.4, 0.5) is 5.69 Å². The zero-order valence-electron chi connectivity index (χ0n) is 15.1. The molecule has 2 amide bonds. The lowest BCUT2D eigenvalue weighted by Crippen LogP contribution is -2.39. The van der Waals surface area contributed by atoms with E-state index in [2.05, 4.69) is 33.5 Å². The maximum absolute atomic E-state index is 12.0. The van der Waals surface area contributed by atoms with Crippen LogP contribution in [0, 0.1) is 5.41 Å². The van der Waals surface area contributed by atoms with Crippen LogP contribution in [0.2, 0.25) is 0 Å². The summed E-state index contributed by atoms with van der Waals surface area (Å²) in [6, 6.07) is 7.95. The molecule has 1 atom stereocenters. The van der Waals surface area contributed by atoms with Gasteiger partial charge in [0.25, 0.3) is 0 Å². The number of alkyl halides is 1. The fourth-order valence-corrected chi connectivity index (χ4v) is 2.30.